The molecular formula is C17H13FN2O2S. The van der Waals surface area contributed by atoms with E-state index < -0.39 is 0 Å². The number of rotatable bonds is 4. The van der Waals surface area contributed by atoms with Gasteiger partial charge in [-0.1, -0.05) is 0 Å². The first-order valence-electron chi connectivity index (χ1n) is 6.88. The Bertz CT molecular complexity index is 836. The van der Waals surface area contributed by atoms with Gasteiger partial charge in [0.05, 0.1) is 12.0 Å². The van der Waals surface area contributed by atoms with Crippen LogP contribution >= 0.6 is 11.3 Å². The maximum absolute atomic E-state index is 13.0. The normalized spacial score (nSPS) is 11.0. The molecule has 0 atom stereocenters. The molecule has 1 amide bonds. The molecule has 2 aromatic heterocycles. The standard InChI is InChI=1S/C17H13FN2O2S/c1-11-16(12-4-6-13(18)7-5-12)20-17(23-11)19-15(21)9-8-14-3-2-10-22-14/h2-10H,1H3,(H,19,20,21)/b9-8+. The van der Waals surface area contributed by atoms with Gasteiger partial charge in [0.1, 0.15) is 11.6 Å². The van der Waals surface area contributed by atoms with E-state index in [1.807, 2.05) is 6.92 Å². The van der Waals surface area contributed by atoms with Crippen molar-refractivity contribution >= 4 is 28.5 Å². The second-order valence-electron chi connectivity index (χ2n) is 4.77. The first-order chi connectivity index (χ1) is 11.1. The van der Waals surface area contributed by atoms with Crippen molar-refractivity contribution in [2.45, 2.75) is 6.92 Å². The highest BCUT2D eigenvalue weighted by Crippen LogP contribution is 2.30. The Morgan fingerprint density at radius 2 is 2.09 bits per heavy atom. The first-order valence-corrected chi connectivity index (χ1v) is 7.69. The van der Waals surface area contributed by atoms with Crippen LogP contribution in [0.5, 0.6) is 0 Å². The van der Waals surface area contributed by atoms with Crippen LogP contribution in [0.1, 0.15) is 10.6 Å². The van der Waals surface area contributed by atoms with Crippen LogP contribution in [0.15, 0.2) is 53.2 Å². The highest BCUT2D eigenvalue weighted by molar-refractivity contribution is 7.16. The Labute approximate surface area is 136 Å². The van der Waals surface area contributed by atoms with Crippen LogP contribution in [-0.4, -0.2) is 10.9 Å². The van der Waals surface area contributed by atoms with Gasteiger partial charge in [-0.2, -0.15) is 0 Å². The number of hydrogen-bond acceptors (Lipinski definition) is 4. The van der Waals surface area contributed by atoms with Crippen LogP contribution in [0.4, 0.5) is 9.52 Å². The van der Waals surface area contributed by atoms with Crippen molar-refractivity contribution in [1.29, 1.82) is 0 Å². The number of aryl methyl sites for hydroxylation is 1. The molecule has 0 radical (unpaired) electrons. The van der Waals surface area contributed by atoms with Crippen LogP contribution in [0, 0.1) is 12.7 Å². The molecule has 116 valence electrons. The van der Waals surface area contributed by atoms with E-state index in [4.69, 9.17) is 4.42 Å². The zero-order valence-electron chi connectivity index (χ0n) is 12.2. The molecule has 1 aromatic carbocycles. The molecule has 3 rings (SSSR count). The topological polar surface area (TPSA) is 55.1 Å². The van der Waals surface area contributed by atoms with Crippen molar-refractivity contribution < 1.29 is 13.6 Å². The number of anilines is 1. The Hall–Kier alpha value is -2.73. The Kier molecular flexibility index (Phi) is 4.34. The van der Waals surface area contributed by atoms with E-state index in [1.165, 1.54) is 35.8 Å². The van der Waals surface area contributed by atoms with E-state index in [2.05, 4.69) is 10.3 Å². The van der Waals surface area contributed by atoms with Crippen LogP contribution in [-0.2, 0) is 4.79 Å². The van der Waals surface area contributed by atoms with E-state index >= 15 is 0 Å². The van der Waals surface area contributed by atoms with Gasteiger partial charge < -0.3 is 4.42 Å². The van der Waals surface area contributed by atoms with Gasteiger partial charge >= 0.3 is 0 Å². The van der Waals surface area contributed by atoms with E-state index in [9.17, 15) is 9.18 Å². The van der Waals surface area contributed by atoms with Crippen molar-refractivity contribution in [2.75, 3.05) is 5.32 Å². The number of aromatic nitrogens is 1. The summed E-state index contributed by atoms with van der Waals surface area (Å²) in [5.41, 5.74) is 1.55. The Balaban J connectivity index is 1.73. The van der Waals surface area contributed by atoms with Gasteiger partial charge in [0.2, 0.25) is 5.91 Å². The quantitative estimate of drug-likeness (QED) is 0.717. The van der Waals surface area contributed by atoms with Crippen molar-refractivity contribution in [3.8, 4) is 11.3 Å². The third kappa shape index (κ3) is 3.73. The number of carbonyl (C=O) groups is 1. The minimum atomic E-state index is -0.293. The number of carbonyl (C=O) groups excluding carboxylic acids is 1. The number of furan rings is 1. The van der Waals surface area contributed by atoms with E-state index in [0.29, 0.717) is 10.9 Å². The summed E-state index contributed by atoms with van der Waals surface area (Å²) in [6.07, 6.45) is 4.50. The molecule has 2 heterocycles. The van der Waals surface area contributed by atoms with Crippen molar-refractivity contribution in [3.63, 3.8) is 0 Å². The molecule has 0 aliphatic carbocycles. The van der Waals surface area contributed by atoms with Gasteiger partial charge in [0.15, 0.2) is 5.13 Å². The van der Waals surface area contributed by atoms with Crippen LogP contribution in [0.3, 0.4) is 0 Å². The summed E-state index contributed by atoms with van der Waals surface area (Å²) in [5, 5.41) is 3.21. The van der Waals surface area contributed by atoms with Crippen LogP contribution in [0.2, 0.25) is 0 Å². The number of nitrogens with one attached hydrogen (secondary N) is 1. The second kappa shape index (κ2) is 6.58. The fourth-order valence-corrected chi connectivity index (χ4v) is 2.86. The number of halogens is 1. The fourth-order valence-electron chi connectivity index (χ4n) is 2.02. The highest BCUT2D eigenvalue weighted by Gasteiger charge is 2.11. The summed E-state index contributed by atoms with van der Waals surface area (Å²) in [6, 6.07) is 9.61. The lowest BCUT2D eigenvalue weighted by Gasteiger charge is -1.98. The predicted molar refractivity (Wildman–Crippen MR) is 88.6 cm³/mol. The molecule has 4 nitrogen and oxygen atoms in total. The van der Waals surface area contributed by atoms with Crippen molar-refractivity contribution in [1.82, 2.24) is 4.98 Å². The summed E-state index contributed by atoms with van der Waals surface area (Å²) in [5.74, 6) is 0.0153. The number of nitrogens with zero attached hydrogens (tertiary/aromatic N) is 1. The van der Waals surface area contributed by atoms with E-state index in [-0.39, 0.29) is 11.7 Å². The maximum atomic E-state index is 13.0. The number of amides is 1. The van der Waals surface area contributed by atoms with Crippen LogP contribution < -0.4 is 5.32 Å². The summed E-state index contributed by atoms with van der Waals surface area (Å²) < 4.78 is 18.1. The maximum Gasteiger partial charge on any atom is 0.250 e. The van der Waals surface area contributed by atoms with Gasteiger partial charge in [-0.05, 0) is 49.4 Å². The molecule has 0 bridgehead atoms. The lowest BCUT2D eigenvalue weighted by Crippen LogP contribution is -2.07. The number of thiazole rings is 1. The molecule has 3 aromatic rings. The molecule has 0 saturated carbocycles. The molecule has 23 heavy (non-hydrogen) atoms. The zero-order chi connectivity index (χ0) is 16.2. The average molecular weight is 328 g/mol. The molecule has 0 unspecified atom stereocenters. The average Bonchev–Trinajstić information content (AvgIpc) is 3.16. The number of benzene rings is 1. The van der Waals surface area contributed by atoms with Crippen molar-refractivity contribution in [3.05, 3.63) is 65.2 Å². The Morgan fingerprint density at radius 3 is 2.78 bits per heavy atom. The molecule has 1 N–H and O–H groups in total. The van der Waals surface area contributed by atoms with Gasteiger partial charge in [0, 0.05) is 16.5 Å². The minimum absolute atomic E-state index is 0.291. The summed E-state index contributed by atoms with van der Waals surface area (Å²) in [4.78, 5) is 17.2. The molecule has 0 aliphatic rings. The second-order valence-corrected chi connectivity index (χ2v) is 5.97. The van der Waals surface area contributed by atoms with E-state index in [0.717, 1.165) is 16.1 Å². The lowest BCUT2D eigenvalue weighted by molar-refractivity contribution is -0.111. The lowest BCUT2D eigenvalue weighted by atomic mass is 10.1. The molecular weight excluding hydrogens is 315 g/mol. The predicted octanol–water partition coefficient (Wildman–Crippen LogP) is 4.50. The van der Waals surface area contributed by atoms with Gasteiger partial charge in [-0.25, -0.2) is 9.37 Å². The third-order valence-electron chi connectivity index (χ3n) is 3.09. The minimum Gasteiger partial charge on any atom is -0.465 e. The molecule has 0 saturated heterocycles. The third-order valence-corrected chi connectivity index (χ3v) is 3.97. The fraction of sp³-hybridized carbons (Fsp3) is 0.0588. The Morgan fingerprint density at radius 1 is 1.30 bits per heavy atom. The van der Waals surface area contributed by atoms with Crippen molar-refractivity contribution in [2.24, 2.45) is 0 Å². The van der Waals surface area contributed by atoms with Gasteiger partial charge in [-0.15, -0.1) is 11.3 Å². The largest absolute Gasteiger partial charge is 0.465 e. The smallest absolute Gasteiger partial charge is 0.250 e. The molecule has 0 spiro atoms. The monoisotopic (exact) mass is 328 g/mol. The van der Waals surface area contributed by atoms with Gasteiger partial charge in [0.25, 0.3) is 0 Å². The van der Waals surface area contributed by atoms with E-state index in [1.54, 1.807) is 30.3 Å². The summed E-state index contributed by atoms with van der Waals surface area (Å²) in [7, 11) is 0. The van der Waals surface area contributed by atoms with Gasteiger partial charge in [-0.3, -0.25) is 10.1 Å². The molecule has 6 heteroatoms. The van der Waals surface area contributed by atoms with Crippen LogP contribution in [0.25, 0.3) is 17.3 Å². The zero-order valence-corrected chi connectivity index (χ0v) is 13.1. The molecule has 0 fully saturated rings. The summed E-state index contributed by atoms with van der Waals surface area (Å²) >= 11 is 1.37. The first kappa shape index (κ1) is 15.2. The summed E-state index contributed by atoms with van der Waals surface area (Å²) in [6.45, 7) is 1.91. The number of hydrogen-bond donors (Lipinski definition) is 1. The molecule has 0 aliphatic heterocycles. The SMILES string of the molecule is Cc1sc(NC(=O)/C=C/c2ccco2)nc1-c1ccc(F)cc1. The highest BCUT2D eigenvalue weighted by atomic mass is 32.1.